The van der Waals surface area contributed by atoms with Crippen molar-refractivity contribution >= 4 is 29.1 Å². The molecule has 0 bridgehead atoms. The van der Waals surface area contributed by atoms with Crippen LogP contribution in [-0.2, 0) is 9.59 Å². The summed E-state index contributed by atoms with van der Waals surface area (Å²) in [6.45, 7) is 3.22. The Hall–Kier alpha value is -2.64. The normalized spacial score (nSPS) is 18.2. The van der Waals surface area contributed by atoms with Gasteiger partial charge >= 0.3 is 0 Å². The minimum absolute atomic E-state index is 0.000396. The van der Waals surface area contributed by atoms with Gasteiger partial charge in [-0.15, -0.1) is 0 Å². The topological polar surface area (TPSA) is 61.9 Å². The molecular weight excluding hydrogens is 445 g/mol. The van der Waals surface area contributed by atoms with Gasteiger partial charge in [-0.1, -0.05) is 11.6 Å². The van der Waals surface area contributed by atoms with E-state index in [9.17, 15) is 14.0 Å². The molecule has 0 spiro atoms. The molecule has 0 atom stereocenters. The molecule has 33 heavy (non-hydrogen) atoms. The molecular formula is C25H29ClFN3O3. The summed E-state index contributed by atoms with van der Waals surface area (Å²) >= 11 is 5.87. The van der Waals surface area contributed by atoms with E-state index in [2.05, 4.69) is 10.2 Å². The summed E-state index contributed by atoms with van der Waals surface area (Å²) < 4.78 is 18.6. The average molecular weight is 474 g/mol. The molecule has 0 aromatic heterocycles. The van der Waals surface area contributed by atoms with Crippen molar-refractivity contribution in [2.24, 2.45) is 5.92 Å². The van der Waals surface area contributed by atoms with Crippen LogP contribution in [0.5, 0.6) is 5.75 Å². The van der Waals surface area contributed by atoms with E-state index in [0.717, 1.165) is 51.9 Å². The van der Waals surface area contributed by atoms with Crippen LogP contribution < -0.4 is 10.1 Å². The lowest BCUT2D eigenvalue weighted by atomic mass is 9.92. The second-order valence-electron chi connectivity index (χ2n) is 8.66. The van der Waals surface area contributed by atoms with E-state index < -0.39 is 0 Å². The van der Waals surface area contributed by atoms with E-state index >= 15 is 0 Å². The number of likely N-dealkylation sites (tertiary alicyclic amines) is 2. The van der Waals surface area contributed by atoms with Gasteiger partial charge in [0.05, 0.1) is 0 Å². The Balaban J connectivity index is 1.17. The van der Waals surface area contributed by atoms with Crippen LogP contribution in [0.15, 0.2) is 48.5 Å². The van der Waals surface area contributed by atoms with E-state index in [-0.39, 0.29) is 30.2 Å². The number of rotatable bonds is 6. The molecule has 1 N–H and O–H groups in total. The number of carbonyl (C=O) groups excluding carboxylic acids is 2. The van der Waals surface area contributed by atoms with Crippen molar-refractivity contribution in [1.29, 1.82) is 0 Å². The number of nitrogens with one attached hydrogen (secondary N) is 1. The molecule has 2 aromatic rings. The molecule has 0 radical (unpaired) electrons. The third-order valence-corrected chi connectivity index (χ3v) is 6.77. The average Bonchev–Trinajstić information content (AvgIpc) is 2.85. The fourth-order valence-corrected chi connectivity index (χ4v) is 4.68. The van der Waals surface area contributed by atoms with Crippen LogP contribution in [0.25, 0.3) is 0 Å². The van der Waals surface area contributed by atoms with Gasteiger partial charge in [0.25, 0.3) is 5.91 Å². The molecule has 2 aliphatic heterocycles. The number of anilines is 1. The van der Waals surface area contributed by atoms with Gasteiger partial charge in [-0.3, -0.25) is 9.59 Å². The third kappa shape index (κ3) is 6.45. The van der Waals surface area contributed by atoms with Crippen LogP contribution in [-0.4, -0.2) is 60.4 Å². The van der Waals surface area contributed by atoms with Gasteiger partial charge in [-0.2, -0.15) is 0 Å². The molecule has 2 aromatic carbocycles. The van der Waals surface area contributed by atoms with Gasteiger partial charge in [-0.25, -0.2) is 4.39 Å². The number of halogens is 2. The van der Waals surface area contributed by atoms with E-state index in [1.165, 1.54) is 12.1 Å². The molecule has 2 heterocycles. The number of nitrogens with zero attached hydrogens (tertiary/aromatic N) is 2. The second kappa shape index (κ2) is 11.0. The Morgan fingerprint density at radius 1 is 0.939 bits per heavy atom. The van der Waals surface area contributed by atoms with Crippen molar-refractivity contribution in [1.82, 2.24) is 9.80 Å². The minimum Gasteiger partial charge on any atom is -0.484 e. The Bertz CT molecular complexity index is 938. The number of benzene rings is 2. The van der Waals surface area contributed by atoms with Crippen LogP contribution in [0.3, 0.4) is 0 Å². The highest BCUT2D eigenvalue weighted by atomic mass is 35.5. The molecule has 2 aliphatic rings. The predicted octanol–water partition coefficient (Wildman–Crippen LogP) is 4.20. The maximum Gasteiger partial charge on any atom is 0.260 e. The maximum atomic E-state index is 13.0. The lowest BCUT2D eigenvalue weighted by Crippen LogP contribution is -2.50. The molecule has 0 unspecified atom stereocenters. The summed E-state index contributed by atoms with van der Waals surface area (Å²) in [5, 5.41) is 3.52. The zero-order valence-electron chi connectivity index (χ0n) is 18.5. The number of amides is 2. The Morgan fingerprint density at radius 2 is 1.58 bits per heavy atom. The van der Waals surface area contributed by atoms with Gasteiger partial charge in [-0.05, 0) is 87.3 Å². The fourth-order valence-electron chi connectivity index (χ4n) is 4.55. The van der Waals surface area contributed by atoms with Crippen molar-refractivity contribution in [3.05, 3.63) is 59.4 Å². The molecule has 2 saturated heterocycles. The first-order valence-corrected chi connectivity index (χ1v) is 11.8. The smallest absolute Gasteiger partial charge is 0.260 e. The highest BCUT2D eigenvalue weighted by Crippen LogP contribution is 2.25. The van der Waals surface area contributed by atoms with Crippen LogP contribution >= 0.6 is 11.6 Å². The number of hydrogen-bond donors (Lipinski definition) is 1. The lowest BCUT2D eigenvalue weighted by Gasteiger charge is -2.41. The molecule has 176 valence electrons. The van der Waals surface area contributed by atoms with Gasteiger partial charge in [0.15, 0.2) is 6.61 Å². The summed E-state index contributed by atoms with van der Waals surface area (Å²) in [6, 6.07) is 13.3. The zero-order valence-corrected chi connectivity index (χ0v) is 19.3. The van der Waals surface area contributed by atoms with Gasteiger partial charge in [0.1, 0.15) is 11.6 Å². The quantitative estimate of drug-likeness (QED) is 0.683. The summed E-state index contributed by atoms with van der Waals surface area (Å²) in [5.74, 6) is 0.289. The second-order valence-corrected chi connectivity index (χ2v) is 9.10. The molecule has 0 saturated carbocycles. The maximum absolute atomic E-state index is 13.0. The van der Waals surface area contributed by atoms with Gasteiger partial charge < -0.3 is 19.9 Å². The monoisotopic (exact) mass is 473 g/mol. The SMILES string of the molecule is O=C(Nc1ccc(F)cc1)C1CCN(C2CCN(C(=O)COc3ccc(Cl)cc3)CC2)CC1. The molecule has 4 rings (SSSR count). The van der Waals surface area contributed by atoms with Crippen molar-refractivity contribution in [2.45, 2.75) is 31.7 Å². The van der Waals surface area contributed by atoms with Crippen molar-refractivity contribution in [2.75, 3.05) is 38.1 Å². The Kier molecular flexibility index (Phi) is 7.83. The largest absolute Gasteiger partial charge is 0.484 e. The molecule has 6 nitrogen and oxygen atoms in total. The van der Waals surface area contributed by atoms with Gasteiger partial charge in [0.2, 0.25) is 5.91 Å². The summed E-state index contributed by atoms with van der Waals surface area (Å²) in [4.78, 5) is 29.4. The van der Waals surface area contributed by atoms with Crippen LogP contribution in [0, 0.1) is 11.7 Å². The molecule has 2 fully saturated rings. The van der Waals surface area contributed by atoms with E-state index in [0.29, 0.717) is 22.5 Å². The number of carbonyl (C=O) groups is 2. The van der Waals surface area contributed by atoms with E-state index in [4.69, 9.17) is 16.3 Å². The van der Waals surface area contributed by atoms with Gasteiger partial charge in [0, 0.05) is 35.8 Å². The number of ether oxygens (including phenoxy) is 1. The summed E-state index contributed by atoms with van der Waals surface area (Å²) in [7, 11) is 0. The Labute approximate surface area is 198 Å². The van der Waals surface area contributed by atoms with Crippen molar-refractivity contribution in [3.63, 3.8) is 0 Å². The Morgan fingerprint density at radius 3 is 2.21 bits per heavy atom. The van der Waals surface area contributed by atoms with Crippen LogP contribution in [0.1, 0.15) is 25.7 Å². The van der Waals surface area contributed by atoms with E-state index in [1.807, 2.05) is 4.90 Å². The third-order valence-electron chi connectivity index (χ3n) is 6.52. The minimum atomic E-state index is -0.317. The first-order chi connectivity index (χ1) is 16.0. The van der Waals surface area contributed by atoms with Crippen LogP contribution in [0.2, 0.25) is 5.02 Å². The first kappa shape index (κ1) is 23.5. The first-order valence-electron chi connectivity index (χ1n) is 11.4. The highest BCUT2D eigenvalue weighted by Gasteiger charge is 2.31. The van der Waals surface area contributed by atoms with E-state index in [1.54, 1.807) is 36.4 Å². The number of piperidine rings is 2. The molecule has 0 aliphatic carbocycles. The predicted molar refractivity (Wildman–Crippen MR) is 126 cm³/mol. The summed E-state index contributed by atoms with van der Waals surface area (Å²) in [6.07, 6.45) is 3.47. The molecule has 2 amide bonds. The molecule has 8 heteroatoms. The lowest BCUT2D eigenvalue weighted by molar-refractivity contribution is -0.135. The van der Waals surface area contributed by atoms with Crippen molar-refractivity contribution < 1.29 is 18.7 Å². The summed E-state index contributed by atoms with van der Waals surface area (Å²) in [5.41, 5.74) is 0.626. The highest BCUT2D eigenvalue weighted by molar-refractivity contribution is 6.30. The number of hydrogen-bond acceptors (Lipinski definition) is 4. The standard InChI is InChI=1S/C25H29ClFN3O3/c26-19-1-7-23(8-2-19)33-17-24(31)30-15-11-22(12-16-30)29-13-9-18(10-14-29)25(32)28-21-5-3-20(27)4-6-21/h1-8,18,22H,9-17H2,(H,28,32). The van der Waals surface area contributed by atoms with Crippen molar-refractivity contribution in [3.8, 4) is 5.75 Å². The fraction of sp³-hybridized carbons (Fsp3) is 0.440. The zero-order chi connectivity index (χ0) is 23.2. The van der Waals surface area contributed by atoms with Crippen LogP contribution in [0.4, 0.5) is 10.1 Å².